The van der Waals surface area contributed by atoms with Crippen molar-refractivity contribution in [3.05, 3.63) is 132 Å². The molecule has 0 unspecified atom stereocenters. The van der Waals surface area contributed by atoms with Gasteiger partial charge >= 0.3 is 0 Å². The zero-order valence-electron chi connectivity index (χ0n) is 22.4. The number of hydrogen-bond donors (Lipinski definition) is 1. The molecule has 0 saturated carbocycles. The number of fused-ring (bicyclic) bond motifs is 6. The highest BCUT2D eigenvalue weighted by Crippen LogP contribution is 2.50. The van der Waals surface area contributed by atoms with Gasteiger partial charge in [-0.05, 0) is 76.0 Å². The third-order valence-corrected chi connectivity index (χ3v) is 9.41. The van der Waals surface area contributed by atoms with E-state index < -0.39 is 0 Å². The van der Waals surface area contributed by atoms with Gasteiger partial charge in [0.1, 0.15) is 11.2 Å². The Kier molecular flexibility index (Phi) is 5.14. The Morgan fingerprint density at radius 2 is 1.38 bits per heavy atom. The summed E-state index contributed by atoms with van der Waals surface area (Å²) in [6.07, 6.45) is 0. The van der Waals surface area contributed by atoms with Crippen LogP contribution in [-0.4, -0.2) is 0 Å². The summed E-state index contributed by atoms with van der Waals surface area (Å²) in [5.74, 6) is 0. The molecule has 0 atom stereocenters. The van der Waals surface area contributed by atoms with Crippen LogP contribution in [0.25, 0.3) is 43.8 Å². The van der Waals surface area contributed by atoms with E-state index in [0.717, 1.165) is 44.4 Å². The molecule has 0 radical (unpaired) electrons. The highest BCUT2D eigenvalue weighted by atomic mass is 32.2. The quantitative estimate of drug-likeness (QED) is 0.244. The van der Waals surface area contributed by atoms with E-state index in [1.165, 1.54) is 31.7 Å². The van der Waals surface area contributed by atoms with Crippen LogP contribution in [0.15, 0.2) is 136 Å². The second kappa shape index (κ2) is 8.77. The topological polar surface area (TPSA) is 25.2 Å². The van der Waals surface area contributed by atoms with Gasteiger partial charge in [0.2, 0.25) is 0 Å². The molecule has 1 aliphatic heterocycles. The molecule has 0 amide bonds. The Morgan fingerprint density at radius 1 is 0.600 bits per heavy atom. The zero-order valence-corrected chi connectivity index (χ0v) is 23.2. The van der Waals surface area contributed by atoms with Crippen molar-refractivity contribution in [3.8, 4) is 11.1 Å². The molecule has 2 nitrogen and oxygen atoms in total. The summed E-state index contributed by atoms with van der Waals surface area (Å²) in [6, 6.07) is 43.5. The third-order valence-electron chi connectivity index (χ3n) is 8.26. The normalized spacial score (nSPS) is 13.8. The molecule has 0 fully saturated rings. The Labute approximate surface area is 237 Å². The number of furan rings is 1. The van der Waals surface area contributed by atoms with Gasteiger partial charge in [0.15, 0.2) is 0 Å². The van der Waals surface area contributed by atoms with Crippen LogP contribution in [0.2, 0.25) is 0 Å². The average Bonchev–Trinajstić information content (AvgIpc) is 3.36. The SMILES string of the molecule is CC1(C)c2ccccc2Sc2ccc(Nc3cc(-c4ccc5ccccc5c4)c4oc5ccccc5c4c3)cc21. The standard InChI is InChI=1S/C37H27NOS/c1-37(2)31-12-6-8-14-34(31)40-35-18-17-26(22-32(35)37)38-27-20-29(25-16-15-23-9-3-4-10-24(23)19-25)36-30(21-27)28-11-5-7-13-33(28)39-36/h3-22,38H,1-2H3. The number of rotatable bonds is 3. The van der Waals surface area contributed by atoms with Gasteiger partial charge in [-0.3, -0.25) is 0 Å². The van der Waals surface area contributed by atoms with E-state index in [1.54, 1.807) is 0 Å². The number of nitrogens with one attached hydrogen (secondary N) is 1. The van der Waals surface area contributed by atoms with Gasteiger partial charge in [0.25, 0.3) is 0 Å². The van der Waals surface area contributed by atoms with E-state index >= 15 is 0 Å². The van der Waals surface area contributed by atoms with Crippen molar-refractivity contribution >= 4 is 55.8 Å². The van der Waals surface area contributed by atoms with Gasteiger partial charge in [0.05, 0.1) is 0 Å². The summed E-state index contributed by atoms with van der Waals surface area (Å²) in [5, 5.41) is 8.46. The van der Waals surface area contributed by atoms with E-state index in [1.807, 2.05) is 23.9 Å². The van der Waals surface area contributed by atoms with Crippen LogP contribution in [0, 0.1) is 0 Å². The van der Waals surface area contributed by atoms with Crippen LogP contribution in [0.3, 0.4) is 0 Å². The van der Waals surface area contributed by atoms with E-state index in [0.29, 0.717) is 0 Å². The Balaban J connectivity index is 1.27. The van der Waals surface area contributed by atoms with Crippen LogP contribution in [0.5, 0.6) is 0 Å². The van der Waals surface area contributed by atoms with Crippen molar-refractivity contribution < 1.29 is 4.42 Å². The van der Waals surface area contributed by atoms with Crippen molar-refractivity contribution in [2.75, 3.05) is 5.32 Å². The van der Waals surface area contributed by atoms with Gasteiger partial charge in [0, 0.05) is 42.9 Å². The highest BCUT2D eigenvalue weighted by molar-refractivity contribution is 7.99. The molecule has 3 heteroatoms. The van der Waals surface area contributed by atoms with Gasteiger partial charge < -0.3 is 9.73 Å². The van der Waals surface area contributed by atoms with Crippen molar-refractivity contribution in [1.82, 2.24) is 0 Å². The molecule has 8 rings (SSSR count). The van der Waals surface area contributed by atoms with Gasteiger partial charge in [-0.2, -0.15) is 0 Å². The summed E-state index contributed by atoms with van der Waals surface area (Å²) in [7, 11) is 0. The minimum absolute atomic E-state index is 0.0736. The minimum Gasteiger partial charge on any atom is -0.455 e. The first-order valence-corrected chi connectivity index (χ1v) is 14.5. The monoisotopic (exact) mass is 533 g/mol. The van der Waals surface area contributed by atoms with Crippen molar-refractivity contribution in [1.29, 1.82) is 0 Å². The maximum atomic E-state index is 6.46. The number of benzene rings is 6. The fourth-order valence-electron chi connectivity index (χ4n) is 6.16. The van der Waals surface area contributed by atoms with E-state index in [4.69, 9.17) is 4.42 Å². The first-order chi connectivity index (χ1) is 19.5. The number of para-hydroxylation sites is 1. The lowest BCUT2D eigenvalue weighted by Crippen LogP contribution is -2.23. The van der Waals surface area contributed by atoms with Crippen LogP contribution in [0.4, 0.5) is 11.4 Å². The molecule has 1 N–H and O–H groups in total. The molecule has 1 aromatic heterocycles. The Hall–Kier alpha value is -4.47. The van der Waals surface area contributed by atoms with Crippen molar-refractivity contribution in [2.24, 2.45) is 0 Å². The molecule has 6 aromatic carbocycles. The van der Waals surface area contributed by atoms with Crippen LogP contribution >= 0.6 is 11.8 Å². The lowest BCUT2D eigenvalue weighted by molar-refractivity contribution is 0.607. The second-order valence-corrected chi connectivity index (χ2v) is 12.2. The van der Waals surface area contributed by atoms with E-state index in [9.17, 15) is 0 Å². The predicted molar refractivity (Wildman–Crippen MR) is 169 cm³/mol. The number of anilines is 2. The van der Waals surface area contributed by atoms with Crippen molar-refractivity contribution in [3.63, 3.8) is 0 Å². The maximum absolute atomic E-state index is 6.46. The first kappa shape index (κ1) is 23.4. The molecule has 0 saturated heterocycles. The van der Waals surface area contributed by atoms with Crippen LogP contribution in [-0.2, 0) is 5.41 Å². The van der Waals surface area contributed by atoms with Gasteiger partial charge in [-0.1, -0.05) is 98.4 Å². The average molecular weight is 534 g/mol. The van der Waals surface area contributed by atoms with Crippen LogP contribution in [0.1, 0.15) is 25.0 Å². The Morgan fingerprint density at radius 3 is 2.30 bits per heavy atom. The summed E-state index contributed by atoms with van der Waals surface area (Å²) in [4.78, 5) is 2.67. The van der Waals surface area contributed by atoms with Crippen LogP contribution < -0.4 is 5.32 Å². The van der Waals surface area contributed by atoms with E-state index in [2.05, 4.69) is 128 Å². The van der Waals surface area contributed by atoms with Gasteiger partial charge in [-0.15, -0.1) is 0 Å². The van der Waals surface area contributed by atoms with Gasteiger partial charge in [-0.25, -0.2) is 0 Å². The zero-order chi connectivity index (χ0) is 26.8. The first-order valence-electron chi connectivity index (χ1n) is 13.7. The molecular weight excluding hydrogens is 506 g/mol. The predicted octanol–water partition coefficient (Wildman–Crippen LogP) is 10.9. The highest BCUT2D eigenvalue weighted by Gasteiger charge is 2.33. The molecular formula is C37H27NOS. The molecule has 0 spiro atoms. The fraction of sp³-hybridized carbons (Fsp3) is 0.0811. The third kappa shape index (κ3) is 3.65. The Bertz CT molecular complexity index is 2100. The largest absolute Gasteiger partial charge is 0.455 e. The molecule has 0 bridgehead atoms. The summed E-state index contributed by atoms with van der Waals surface area (Å²) >= 11 is 1.86. The lowest BCUT2D eigenvalue weighted by Gasteiger charge is -2.34. The lowest BCUT2D eigenvalue weighted by atomic mass is 9.77. The minimum atomic E-state index is -0.0736. The molecule has 2 heterocycles. The number of hydrogen-bond acceptors (Lipinski definition) is 3. The summed E-state index contributed by atoms with van der Waals surface area (Å²) in [5.41, 5.74) is 8.85. The summed E-state index contributed by atoms with van der Waals surface area (Å²) in [6.45, 7) is 4.66. The maximum Gasteiger partial charge on any atom is 0.143 e. The molecule has 40 heavy (non-hydrogen) atoms. The molecule has 192 valence electrons. The van der Waals surface area contributed by atoms with E-state index in [-0.39, 0.29) is 5.41 Å². The molecule has 0 aliphatic carbocycles. The molecule has 1 aliphatic rings. The summed E-state index contributed by atoms with van der Waals surface area (Å²) < 4.78 is 6.46. The second-order valence-electron chi connectivity index (χ2n) is 11.1. The fourth-order valence-corrected chi connectivity index (χ4v) is 7.53. The smallest absolute Gasteiger partial charge is 0.143 e. The van der Waals surface area contributed by atoms with Crippen molar-refractivity contribution in [2.45, 2.75) is 29.1 Å². The molecule has 7 aromatic rings.